The van der Waals surface area contributed by atoms with Crippen LogP contribution in [0.15, 0.2) is 24.3 Å². The van der Waals surface area contributed by atoms with Gasteiger partial charge in [0, 0.05) is 12.7 Å². The van der Waals surface area contributed by atoms with Crippen molar-refractivity contribution in [1.29, 1.82) is 0 Å². The minimum Gasteiger partial charge on any atom is -0.479 e. The number of hydrogen-bond donors (Lipinski definition) is 1. The molecule has 0 amide bonds. The molecule has 88 valence electrons. The second kappa shape index (κ2) is 6.00. The van der Waals surface area contributed by atoms with Crippen molar-refractivity contribution in [3.8, 4) is 5.75 Å². The zero-order chi connectivity index (χ0) is 12.0. The zero-order valence-electron chi connectivity index (χ0n) is 9.82. The molecule has 0 aliphatic rings. The summed E-state index contributed by atoms with van der Waals surface area (Å²) in [7, 11) is 1.84. The van der Waals surface area contributed by atoms with Crippen LogP contribution in [0.2, 0.25) is 0 Å². The van der Waals surface area contributed by atoms with Gasteiger partial charge in [-0.25, -0.2) is 4.79 Å². The van der Waals surface area contributed by atoms with Gasteiger partial charge in [-0.3, -0.25) is 0 Å². The summed E-state index contributed by atoms with van der Waals surface area (Å²) in [4.78, 5) is 11.3. The lowest BCUT2D eigenvalue weighted by atomic mass is 10.3. The molecule has 1 atom stereocenters. The van der Waals surface area contributed by atoms with Crippen molar-refractivity contribution >= 4 is 11.7 Å². The number of ether oxygens (including phenoxy) is 2. The van der Waals surface area contributed by atoms with E-state index in [0.717, 1.165) is 5.69 Å². The normalized spacial score (nSPS) is 11.7. The van der Waals surface area contributed by atoms with Crippen LogP contribution in [0.1, 0.15) is 13.8 Å². The average molecular weight is 223 g/mol. The largest absolute Gasteiger partial charge is 0.479 e. The molecule has 16 heavy (non-hydrogen) atoms. The van der Waals surface area contributed by atoms with Crippen LogP contribution in [0.4, 0.5) is 5.69 Å². The van der Waals surface area contributed by atoms with Gasteiger partial charge in [0.2, 0.25) is 0 Å². The van der Waals surface area contributed by atoms with E-state index in [1.165, 1.54) is 0 Å². The molecule has 1 unspecified atom stereocenters. The summed E-state index contributed by atoms with van der Waals surface area (Å²) in [5.74, 6) is 0.305. The number of nitrogens with one attached hydrogen (secondary N) is 1. The topological polar surface area (TPSA) is 47.6 Å². The molecule has 0 heterocycles. The van der Waals surface area contributed by atoms with Crippen molar-refractivity contribution in [2.24, 2.45) is 0 Å². The molecule has 0 saturated carbocycles. The van der Waals surface area contributed by atoms with Gasteiger partial charge in [-0.05, 0) is 38.1 Å². The van der Waals surface area contributed by atoms with Gasteiger partial charge < -0.3 is 14.8 Å². The maximum absolute atomic E-state index is 11.3. The van der Waals surface area contributed by atoms with Gasteiger partial charge >= 0.3 is 5.97 Å². The number of anilines is 1. The summed E-state index contributed by atoms with van der Waals surface area (Å²) in [6.45, 7) is 3.81. The molecule has 1 aromatic rings. The third-order valence-corrected chi connectivity index (χ3v) is 2.07. The van der Waals surface area contributed by atoms with E-state index in [0.29, 0.717) is 12.4 Å². The summed E-state index contributed by atoms with van der Waals surface area (Å²) >= 11 is 0. The molecule has 0 spiro atoms. The quantitative estimate of drug-likeness (QED) is 0.776. The summed E-state index contributed by atoms with van der Waals surface area (Å²) in [6.07, 6.45) is -0.583. The monoisotopic (exact) mass is 223 g/mol. The Labute approximate surface area is 95.6 Å². The van der Waals surface area contributed by atoms with E-state index in [-0.39, 0.29) is 5.97 Å². The molecule has 4 nitrogen and oxygen atoms in total. The predicted molar refractivity (Wildman–Crippen MR) is 62.7 cm³/mol. The van der Waals surface area contributed by atoms with E-state index >= 15 is 0 Å². The van der Waals surface area contributed by atoms with E-state index in [2.05, 4.69) is 5.32 Å². The summed E-state index contributed by atoms with van der Waals surface area (Å²) in [5, 5.41) is 3.00. The van der Waals surface area contributed by atoms with E-state index in [1.54, 1.807) is 13.8 Å². The molecule has 1 aromatic carbocycles. The first-order chi connectivity index (χ1) is 7.67. The fourth-order valence-corrected chi connectivity index (χ4v) is 1.21. The number of esters is 1. The minimum atomic E-state index is -0.583. The van der Waals surface area contributed by atoms with Crippen LogP contribution in [-0.4, -0.2) is 25.7 Å². The Morgan fingerprint density at radius 2 is 2.00 bits per heavy atom. The van der Waals surface area contributed by atoms with Gasteiger partial charge in [-0.2, -0.15) is 0 Å². The first kappa shape index (κ1) is 12.4. The molecule has 0 aliphatic heterocycles. The minimum absolute atomic E-state index is 0.347. The van der Waals surface area contributed by atoms with Crippen molar-refractivity contribution in [2.45, 2.75) is 20.0 Å². The van der Waals surface area contributed by atoms with Crippen LogP contribution in [0.5, 0.6) is 5.75 Å². The van der Waals surface area contributed by atoms with Crippen molar-refractivity contribution in [1.82, 2.24) is 0 Å². The molecule has 0 fully saturated rings. The summed E-state index contributed by atoms with van der Waals surface area (Å²) in [6, 6.07) is 7.38. The van der Waals surface area contributed by atoms with E-state index < -0.39 is 6.10 Å². The highest BCUT2D eigenvalue weighted by Gasteiger charge is 2.15. The summed E-state index contributed by atoms with van der Waals surface area (Å²) < 4.78 is 10.3. The first-order valence-electron chi connectivity index (χ1n) is 5.28. The third kappa shape index (κ3) is 3.46. The van der Waals surface area contributed by atoms with Gasteiger partial charge in [0.25, 0.3) is 0 Å². The van der Waals surface area contributed by atoms with E-state index in [4.69, 9.17) is 9.47 Å². The standard InChI is InChI=1S/C12H17NO3/c1-4-15-12(14)9(2)16-11-7-5-10(13-3)6-8-11/h5-9,13H,4H2,1-3H3. The van der Waals surface area contributed by atoms with Gasteiger partial charge in [0.1, 0.15) is 5.75 Å². The molecule has 1 rings (SSSR count). The van der Waals surface area contributed by atoms with Gasteiger partial charge in [0.05, 0.1) is 6.61 Å². The van der Waals surface area contributed by atoms with Crippen LogP contribution >= 0.6 is 0 Å². The predicted octanol–water partition coefficient (Wildman–Crippen LogP) is 2.06. The lowest BCUT2D eigenvalue weighted by Gasteiger charge is -2.13. The highest BCUT2D eigenvalue weighted by Crippen LogP contribution is 2.16. The molecule has 0 radical (unpaired) electrons. The van der Waals surface area contributed by atoms with Crippen LogP contribution in [0, 0.1) is 0 Å². The highest BCUT2D eigenvalue weighted by molar-refractivity contribution is 5.74. The molecule has 0 aromatic heterocycles. The van der Waals surface area contributed by atoms with Crippen molar-refractivity contribution in [3.63, 3.8) is 0 Å². The summed E-state index contributed by atoms with van der Waals surface area (Å²) in [5.41, 5.74) is 0.996. The third-order valence-electron chi connectivity index (χ3n) is 2.07. The Hall–Kier alpha value is -1.71. The van der Waals surface area contributed by atoms with Crippen LogP contribution in [-0.2, 0) is 9.53 Å². The maximum Gasteiger partial charge on any atom is 0.347 e. The number of rotatable bonds is 5. The van der Waals surface area contributed by atoms with Gasteiger partial charge in [-0.1, -0.05) is 0 Å². The SMILES string of the molecule is CCOC(=O)C(C)Oc1ccc(NC)cc1. The number of hydrogen-bond acceptors (Lipinski definition) is 4. The molecule has 0 aliphatic carbocycles. The number of carbonyl (C=O) groups excluding carboxylic acids is 1. The Balaban J connectivity index is 2.55. The molecule has 0 bridgehead atoms. The van der Waals surface area contributed by atoms with Gasteiger partial charge in [0.15, 0.2) is 6.10 Å². The van der Waals surface area contributed by atoms with Crippen molar-refractivity contribution in [2.75, 3.05) is 19.0 Å². The molecule has 4 heteroatoms. The Bertz CT molecular complexity index is 335. The smallest absolute Gasteiger partial charge is 0.347 e. The van der Waals surface area contributed by atoms with Crippen LogP contribution in [0.3, 0.4) is 0 Å². The lowest BCUT2D eigenvalue weighted by Crippen LogP contribution is -2.25. The second-order valence-electron chi connectivity index (χ2n) is 3.29. The van der Waals surface area contributed by atoms with Crippen LogP contribution < -0.4 is 10.1 Å². The number of benzene rings is 1. The number of carbonyl (C=O) groups is 1. The zero-order valence-corrected chi connectivity index (χ0v) is 9.82. The average Bonchev–Trinajstić information content (AvgIpc) is 2.30. The second-order valence-corrected chi connectivity index (χ2v) is 3.29. The van der Waals surface area contributed by atoms with E-state index in [9.17, 15) is 4.79 Å². The van der Waals surface area contributed by atoms with Crippen LogP contribution in [0.25, 0.3) is 0 Å². The Kier molecular flexibility index (Phi) is 4.64. The van der Waals surface area contributed by atoms with Crippen molar-refractivity contribution in [3.05, 3.63) is 24.3 Å². The maximum atomic E-state index is 11.3. The Morgan fingerprint density at radius 1 is 1.38 bits per heavy atom. The first-order valence-corrected chi connectivity index (χ1v) is 5.28. The molecular weight excluding hydrogens is 206 g/mol. The molecular formula is C12H17NO3. The van der Waals surface area contributed by atoms with Gasteiger partial charge in [-0.15, -0.1) is 0 Å². The fourth-order valence-electron chi connectivity index (χ4n) is 1.21. The fraction of sp³-hybridized carbons (Fsp3) is 0.417. The van der Waals surface area contributed by atoms with E-state index in [1.807, 2.05) is 31.3 Å². The molecule has 0 saturated heterocycles. The van der Waals surface area contributed by atoms with Crippen molar-refractivity contribution < 1.29 is 14.3 Å². The highest BCUT2D eigenvalue weighted by atomic mass is 16.6. The lowest BCUT2D eigenvalue weighted by molar-refractivity contribution is -0.150. The molecule has 1 N–H and O–H groups in total. The Morgan fingerprint density at radius 3 is 2.50 bits per heavy atom.